The highest BCUT2D eigenvalue weighted by molar-refractivity contribution is 5.94. The topological polar surface area (TPSA) is 79.0 Å². The van der Waals surface area contributed by atoms with Gasteiger partial charge in [-0.15, -0.1) is 0 Å². The lowest BCUT2D eigenvalue weighted by molar-refractivity contribution is -0.147. The van der Waals surface area contributed by atoms with E-state index < -0.39 is 18.2 Å². The standard InChI is InChI=1S/C34H45N3O4/c1-4-5-15-25(2)31-33(39)36(24-29(26-16-9-6-10-17-26)27-18-11-7-12-19-27)22-23-37(31)32(38)30(35-34(40)41-3)28-20-13-8-14-21-28/h6-7,9-12,16-19,22-23,25,28-31H,4-5,8,13-15,20-21,24H2,1-3H3,(H,35,40)/t25-,30+,31+/m0/s1. The smallest absolute Gasteiger partial charge is 0.407 e. The summed E-state index contributed by atoms with van der Waals surface area (Å²) in [5, 5.41) is 2.83. The number of benzene rings is 2. The number of ether oxygens (including phenoxy) is 1. The van der Waals surface area contributed by atoms with Gasteiger partial charge >= 0.3 is 6.09 Å². The molecule has 4 rings (SSSR count). The number of methoxy groups -OCH3 is 1. The van der Waals surface area contributed by atoms with Crippen LogP contribution in [0.4, 0.5) is 4.79 Å². The molecule has 2 aromatic rings. The van der Waals surface area contributed by atoms with Crippen LogP contribution in [0, 0.1) is 11.8 Å². The fourth-order valence-corrected chi connectivity index (χ4v) is 6.34. The van der Waals surface area contributed by atoms with Gasteiger partial charge in [0.2, 0.25) is 11.8 Å². The van der Waals surface area contributed by atoms with Gasteiger partial charge in [0.15, 0.2) is 0 Å². The first-order valence-electron chi connectivity index (χ1n) is 15.2. The monoisotopic (exact) mass is 559 g/mol. The van der Waals surface area contributed by atoms with Crippen LogP contribution in [0.3, 0.4) is 0 Å². The summed E-state index contributed by atoms with van der Waals surface area (Å²) in [6.45, 7) is 4.66. The number of unbranched alkanes of at least 4 members (excludes halogenated alkanes) is 1. The Hall–Kier alpha value is -3.61. The predicted octanol–water partition coefficient (Wildman–Crippen LogP) is 6.46. The molecule has 41 heavy (non-hydrogen) atoms. The van der Waals surface area contributed by atoms with E-state index in [9.17, 15) is 14.4 Å². The van der Waals surface area contributed by atoms with E-state index in [4.69, 9.17) is 4.74 Å². The Balaban J connectivity index is 1.66. The second-order valence-corrected chi connectivity index (χ2v) is 11.5. The molecule has 0 bridgehead atoms. The zero-order valence-electron chi connectivity index (χ0n) is 24.7. The lowest BCUT2D eigenvalue weighted by Crippen LogP contribution is -2.60. The van der Waals surface area contributed by atoms with Crippen LogP contribution in [0.15, 0.2) is 73.1 Å². The molecule has 0 aromatic heterocycles. The van der Waals surface area contributed by atoms with Crippen molar-refractivity contribution in [3.63, 3.8) is 0 Å². The van der Waals surface area contributed by atoms with Gasteiger partial charge in [-0.2, -0.15) is 0 Å². The summed E-state index contributed by atoms with van der Waals surface area (Å²) in [6.07, 6.45) is 10.6. The minimum Gasteiger partial charge on any atom is -0.453 e. The molecule has 1 saturated carbocycles. The van der Waals surface area contributed by atoms with E-state index in [1.54, 1.807) is 22.2 Å². The number of alkyl carbamates (subject to hydrolysis) is 1. The maximum atomic E-state index is 14.3. The quantitative estimate of drug-likeness (QED) is 0.343. The zero-order chi connectivity index (χ0) is 29.2. The van der Waals surface area contributed by atoms with E-state index in [1.807, 2.05) is 36.4 Å². The van der Waals surface area contributed by atoms with Gasteiger partial charge in [0.05, 0.1) is 7.11 Å². The Kier molecular flexibility index (Phi) is 11.0. The van der Waals surface area contributed by atoms with Crippen LogP contribution in [0.2, 0.25) is 0 Å². The first kappa shape index (κ1) is 30.4. The molecule has 1 aliphatic carbocycles. The highest BCUT2D eigenvalue weighted by atomic mass is 16.5. The van der Waals surface area contributed by atoms with E-state index in [-0.39, 0.29) is 29.6 Å². The fraction of sp³-hybridized carbons (Fsp3) is 0.500. The van der Waals surface area contributed by atoms with Gasteiger partial charge in [0.1, 0.15) is 12.1 Å². The first-order valence-corrected chi connectivity index (χ1v) is 15.2. The summed E-state index contributed by atoms with van der Waals surface area (Å²) in [4.78, 5) is 44.2. The maximum Gasteiger partial charge on any atom is 0.407 e. The molecule has 3 amide bonds. The molecule has 0 radical (unpaired) electrons. The molecule has 0 saturated heterocycles. The second kappa shape index (κ2) is 14.9. The van der Waals surface area contributed by atoms with Crippen molar-refractivity contribution in [2.24, 2.45) is 11.8 Å². The van der Waals surface area contributed by atoms with Gasteiger partial charge < -0.3 is 19.9 Å². The van der Waals surface area contributed by atoms with Gasteiger partial charge in [-0.1, -0.05) is 107 Å². The summed E-state index contributed by atoms with van der Waals surface area (Å²) in [7, 11) is 1.31. The third-order valence-corrected chi connectivity index (χ3v) is 8.68. The lowest BCUT2D eigenvalue weighted by atomic mass is 9.82. The molecule has 2 aromatic carbocycles. The third kappa shape index (κ3) is 7.57. The number of carbonyl (C=O) groups excluding carboxylic acids is 3. The Morgan fingerprint density at radius 3 is 2.12 bits per heavy atom. The van der Waals surface area contributed by atoms with Crippen molar-refractivity contribution >= 4 is 17.9 Å². The maximum absolute atomic E-state index is 14.3. The van der Waals surface area contributed by atoms with E-state index in [2.05, 4.69) is 43.4 Å². The highest BCUT2D eigenvalue weighted by Crippen LogP contribution is 2.32. The molecule has 2 aliphatic rings. The van der Waals surface area contributed by atoms with E-state index >= 15 is 0 Å². The van der Waals surface area contributed by atoms with Crippen molar-refractivity contribution in [3.8, 4) is 0 Å². The lowest BCUT2D eigenvalue weighted by Gasteiger charge is -2.42. The van der Waals surface area contributed by atoms with Gasteiger partial charge in [0.25, 0.3) is 0 Å². The van der Waals surface area contributed by atoms with Crippen molar-refractivity contribution in [1.29, 1.82) is 0 Å². The van der Waals surface area contributed by atoms with E-state index in [0.29, 0.717) is 6.54 Å². The van der Waals surface area contributed by atoms with Gasteiger partial charge in [-0.05, 0) is 42.2 Å². The molecular formula is C34H45N3O4. The van der Waals surface area contributed by atoms with Crippen LogP contribution < -0.4 is 5.32 Å². The fourth-order valence-electron chi connectivity index (χ4n) is 6.34. The molecular weight excluding hydrogens is 514 g/mol. The first-order chi connectivity index (χ1) is 19.9. The van der Waals surface area contributed by atoms with Crippen molar-refractivity contribution in [1.82, 2.24) is 15.1 Å². The van der Waals surface area contributed by atoms with Crippen LogP contribution in [0.5, 0.6) is 0 Å². The summed E-state index contributed by atoms with van der Waals surface area (Å²) in [5.41, 5.74) is 2.27. The second-order valence-electron chi connectivity index (χ2n) is 11.5. The number of hydrogen-bond acceptors (Lipinski definition) is 4. The number of amides is 3. The average Bonchev–Trinajstić information content (AvgIpc) is 3.02. The van der Waals surface area contributed by atoms with Crippen LogP contribution in [0.25, 0.3) is 0 Å². The van der Waals surface area contributed by atoms with Gasteiger partial charge in [0, 0.05) is 24.9 Å². The highest BCUT2D eigenvalue weighted by Gasteiger charge is 2.43. The van der Waals surface area contributed by atoms with Gasteiger partial charge in [-0.25, -0.2) is 4.79 Å². The summed E-state index contributed by atoms with van der Waals surface area (Å²) in [6, 6.07) is 19.1. The molecule has 7 nitrogen and oxygen atoms in total. The molecule has 0 spiro atoms. The molecule has 1 aliphatic heterocycles. The molecule has 1 N–H and O–H groups in total. The number of nitrogens with one attached hydrogen (secondary N) is 1. The van der Waals surface area contributed by atoms with E-state index in [0.717, 1.165) is 62.5 Å². The Morgan fingerprint density at radius 2 is 1.56 bits per heavy atom. The van der Waals surface area contributed by atoms with Crippen molar-refractivity contribution in [2.45, 2.75) is 83.2 Å². The molecule has 1 heterocycles. The normalized spacial score (nSPS) is 19.2. The van der Waals surface area contributed by atoms with E-state index in [1.165, 1.54) is 7.11 Å². The number of rotatable bonds is 11. The van der Waals surface area contributed by atoms with Gasteiger partial charge in [-0.3, -0.25) is 9.59 Å². The molecule has 1 fully saturated rings. The van der Waals surface area contributed by atoms with Crippen LogP contribution in [-0.2, 0) is 14.3 Å². The largest absolute Gasteiger partial charge is 0.453 e. The number of hydrogen-bond donors (Lipinski definition) is 1. The van der Waals surface area contributed by atoms with Crippen molar-refractivity contribution < 1.29 is 19.1 Å². The Labute approximate surface area is 244 Å². The summed E-state index contributed by atoms with van der Waals surface area (Å²) >= 11 is 0. The van der Waals surface area contributed by atoms with Crippen LogP contribution in [0.1, 0.15) is 82.3 Å². The average molecular weight is 560 g/mol. The SMILES string of the molecule is CCCC[C@H](C)[C@@H]1C(=O)N(CC(c2ccccc2)c2ccccc2)C=CN1C(=O)[C@H](NC(=O)OC)C1CCCCC1. The Morgan fingerprint density at radius 1 is 0.951 bits per heavy atom. The summed E-state index contributed by atoms with van der Waals surface area (Å²) in [5.74, 6) is -0.361. The number of nitrogens with zero attached hydrogens (tertiary/aromatic N) is 2. The molecule has 7 heteroatoms. The van der Waals surface area contributed by atoms with Crippen molar-refractivity contribution in [3.05, 3.63) is 84.2 Å². The van der Waals surface area contributed by atoms with Crippen LogP contribution in [-0.4, -0.2) is 53.4 Å². The zero-order valence-corrected chi connectivity index (χ0v) is 24.7. The Bertz CT molecular complexity index is 1120. The van der Waals surface area contributed by atoms with Crippen molar-refractivity contribution in [2.75, 3.05) is 13.7 Å². The minimum absolute atomic E-state index is 0.0176. The summed E-state index contributed by atoms with van der Waals surface area (Å²) < 4.78 is 4.89. The molecule has 220 valence electrons. The third-order valence-electron chi connectivity index (χ3n) is 8.68. The minimum atomic E-state index is -0.728. The molecule has 0 unspecified atom stereocenters. The predicted molar refractivity (Wildman–Crippen MR) is 161 cm³/mol. The molecule has 3 atom stereocenters. The number of carbonyl (C=O) groups is 3. The van der Waals surface area contributed by atoms with Crippen LogP contribution >= 0.6 is 0 Å².